The van der Waals surface area contributed by atoms with Gasteiger partial charge in [0.25, 0.3) is 0 Å². The average molecular weight is 144 g/mol. The van der Waals surface area contributed by atoms with Crippen LogP contribution >= 0.6 is 0 Å². The second kappa shape index (κ2) is 3.14. The lowest BCUT2D eigenvalue weighted by Crippen LogP contribution is -2.33. The van der Waals surface area contributed by atoms with E-state index in [0.29, 0.717) is 0 Å². The Hall–Kier alpha value is -0.380. The van der Waals surface area contributed by atoms with Crippen molar-refractivity contribution >= 4 is 0 Å². The number of methoxy groups -OCH3 is 1. The quantitative estimate of drug-likeness (QED) is 0.538. The molecule has 1 heterocycles. The van der Waals surface area contributed by atoms with Crippen molar-refractivity contribution in [3.05, 3.63) is 12.2 Å². The Balaban J connectivity index is 2.51. The monoisotopic (exact) mass is 144 g/mol. The smallest absolute Gasteiger partial charge is 0.177 e. The SMILES string of the molecule is CO[C@H]1C=C[C@@H](O)[C@H](C)O1. The normalized spacial score (nSPS) is 40.1. The summed E-state index contributed by atoms with van der Waals surface area (Å²) >= 11 is 0. The molecule has 0 fully saturated rings. The fourth-order valence-electron chi connectivity index (χ4n) is 0.833. The maximum Gasteiger partial charge on any atom is 0.177 e. The van der Waals surface area contributed by atoms with Gasteiger partial charge < -0.3 is 14.6 Å². The van der Waals surface area contributed by atoms with Gasteiger partial charge >= 0.3 is 0 Å². The van der Waals surface area contributed by atoms with E-state index in [-0.39, 0.29) is 12.4 Å². The second-order valence-corrected chi connectivity index (χ2v) is 2.32. The summed E-state index contributed by atoms with van der Waals surface area (Å²) in [6, 6.07) is 0. The maximum atomic E-state index is 9.12. The molecule has 0 aromatic heterocycles. The summed E-state index contributed by atoms with van der Waals surface area (Å²) in [7, 11) is 1.57. The van der Waals surface area contributed by atoms with E-state index in [9.17, 15) is 0 Å². The molecule has 0 saturated carbocycles. The molecule has 1 rings (SSSR count). The standard InChI is InChI=1S/C7H12O3/c1-5-6(8)3-4-7(9-2)10-5/h3-8H,1-2H3/t5-,6+,7+/m0/s1. The highest BCUT2D eigenvalue weighted by Gasteiger charge is 2.20. The van der Waals surface area contributed by atoms with Crippen molar-refractivity contribution in [3.8, 4) is 0 Å². The van der Waals surface area contributed by atoms with Crippen molar-refractivity contribution in [2.75, 3.05) is 7.11 Å². The lowest BCUT2D eigenvalue weighted by Gasteiger charge is -2.25. The molecule has 0 spiro atoms. The fraction of sp³-hybridized carbons (Fsp3) is 0.714. The second-order valence-electron chi connectivity index (χ2n) is 2.32. The molecule has 3 nitrogen and oxygen atoms in total. The van der Waals surface area contributed by atoms with Crippen LogP contribution in [0, 0.1) is 0 Å². The molecule has 0 aromatic carbocycles. The van der Waals surface area contributed by atoms with Crippen LogP contribution in [0.15, 0.2) is 12.2 Å². The van der Waals surface area contributed by atoms with Crippen LogP contribution in [0.4, 0.5) is 0 Å². The third-order valence-electron chi connectivity index (χ3n) is 1.53. The molecule has 10 heavy (non-hydrogen) atoms. The van der Waals surface area contributed by atoms with E-state index in [1.165, 1.54) is 0 Å². The highest BCUT2D eigenvalue weighted by molar-refractivity contribution is 4.98. The first kappa shape index (κ1) is 7.72. The third kappa shape index (κ3) is 1.56. The van der Waals surface area contributed by atoms with Crippen molar-refractivity contribution in [1.82, 2.24) is 0 Å². The zero-order valence-electron chi connectivity index (χ0n) is 6.15. The molecule has 1 aliphatic rings. The minimum absolute atomic E-state index is 0.171. The number of aliphatic hydroxyl groups is 1. The molecule has 0 aliphatic carbocycles. The maximum absolute atomic E-state index is 9.12. The van der Waals surface area contributed by atoms with Gasteiger partial charge in [-0.3, -0.25) is 0 Å². The van der Waals surface area contributed by atoms with Gasteiger partial charge in [-0.15, -0.1) is 0 Å². The van der Waals surface area contributed by atoms with Crippen molar-refractivity contribution in [2.24, 2.45) is 0 Å². The molecule has 0 saturated heterocycles. The van der Waals surface area contributed by atoms with E-state index in [1.54, 1.807) is 26.2 Å². The van der Waals surface area contributed by atoms with Crippen molar-refractivity contribution in [3.63, 3.8) is 0 Å². The number of ether oxygens (including phenoxy) is 2. The minimum atomic E-state index is -0.494. The van der Waals surface area contributed by atoms with Gasteiger partial charge in [-0.1, -0.05) is 6.08 Å². The van der Waals surface area contributed by atoms with Crippen LogP contribution in [0.25, 0.3) is 0 Å². The molecular formula is C7H12O3. The van der Waals surface area contributed by atoms with Gasteiger partial charge in [-0.25, -0.2) is 0 Å². The molecule has 0 aromatic rings. The van der Waals surface area contributed by atoms with Gasteiger partial charge in [0, 0.05) is 7.11 Å². The van der Waals surface area contributed by atoms with Crippen LogP contribution in [-0.2, 0) is 9.47 Å². The van der Waals surface area contributed by atoms with E-state index >= 15 is 0 Å². The highest BCUT2D eigenvalue weighted by Crippen LogP contribution is 2.12. The van der Waals surface area contributed by atoms with E-state index < -0.39 is 6.10 Å². The van der Waals surface area contributed by atoms with Gasteiger partial charge in [-0.2, -0.15) is 0 Å². The topological polar surface area (TPSA) is 38.7 Å². The van der Waals surface area contributed by atoms with Crippen molar-refractivity contribution in [2.45, 2.75) is 25.4 Å². The van der Waals surface area contributed by atoms with Gasteiger partial charge in [-0.05, 0) is 13.0 Å². The zero-order valence-corrected chi connectivity index (χ0v) is 6.15. The predicted molar refractivity (Wildman–Crippen MR) is 36.5 cm³/mol. The van der Waals surface area contributed by atoms with Gasteiger partial charge in [0.05, 0.1) is 12.2 Å². The Kier molecular flexibility index (Phi) is 2.43. The molecule has 1 aliphatic heterocycles. The van der Waals surface area contributed by atoms with Crippen LogP contribution in [0.2, 0.25) is 0 Å². The van der Waals surface area contributed by atoms with E-state index in [2.05, 4.69) is 0 Å². The summed E-state index contributed by atoms with van der Waals surface area (Å²) in [5.74, 6) is 0. The summed E-state index contributed by atoms with van der Waals surface area (Å²) in [5.41, 5.74) is 0. The summed E-state index contributed by atoms with van der Waals surface area (Å²) in [6.07, 6.45) is 2.42. The van der Waals surface area contributed by atoms with Crippen LogP contribution < -0.4 is 0 Å². The number of rotatable bonds is 1. The minimum Gasteiger partial charge on any atom is -0.386 e. The first-order valence-electron chi connectivity index (χ1n) is 3.28. The van der Waals surface area contributed by atoms with Gasteiger partial charge in [0.1, 0.15) is 0 Å². The fourth-order valence-corrected chi connectivity index (χ4v) is 0.833. The van der Waals surface area contributed by atoms with Gasteiger partial charge in [0.2, 0.25) is 0 Å². The molecule has 1 N–H and O–H groups in total. The van der Waals surface area contributed by atoms with E-state index in [4.69, 9.17) is 14.6 Å². The lowest BCUT2D eigenvalue weighted by molar-refractivity contribution is -0.151. The Morgan fingerprint density at radius 2 is 2.20 bits per heavy atom. The largest absolute Gasteiger partial charge is 0.386 e. The average Bonchev–Trinajstić information content (AvgIpc) is 1.95. The number of hydrogen-bond acceptors (Lipinski definition) is 3. The van der Waals surface area contributed by atoms with Crippen LogP contribution in [0.1, 0.15) is 6.92 Å². The van der Waals surface area contributed by atoms with Crippen LogP contribution in [-0.4, -0.2) is 30.7 Å². The molecule has 0 unspecified atom stereocenters. The zero-order chi connectivity index (χ0) is 7.56. The molecule has 3 heteroatoms. The predicted octanol–water partition coefficient (Wildman–Crippen LogP) is 0.295. The van der Waals surface area contributed by atoms with E-state index in [1.807, 2.05) is 0 Å². The summed E-state index contributed by atoms with van der Waals surface area (Å²) < 4.78 is 10.1. The Bertz CT molecular complexity index is 133. The summed E-state index contributed by atoms with van der Waals surface area (Å²) in [6.45, 7) is 1.81. The molecule has 3 atom stereocenters. The third-order valence-corrected chi connectivity index (χ3v) is 1.53. The molecule has 58 valence electrons. The summed E-state index contributed by atoms with van der Waals surface area (Å²) in [4.78, 5) is 0. The first-order valence-corrected chi connectivity index (χ1v) is 3.28. The lowest BCUT2D eigenvalue weighted by atomic mass is 10.2. The number of aliphatic hydroxyl groups excluding tert-OH is 1. The Labute approximate surface area is 60.3 Å². The first-order chi connectivity index (χ1) is 4.74. The highest BCUT2D eigenvalue weighted by atomic mass is 16.7. The Morgan fingerprint density at radius 3 is 2.70 bits per heavy atom. The van der Waals surface area contributed by atoms with Crippen molar-refractivity contribution < 1.29 is 14.6 Å². The van der Waals surface area contributed by atoms with Crippen LogP contribution in [0.3, 0.4) is 0 Å². The molecule has 0 amide bonds. The van der Waals surface area contributed by atoms with Crippen LogP contribution in [0.5, 0.6) is 0 Å². The molecule has 0 bridgehead atoms. The molecule has 0 radical (unpaired) electrons. The van der Waals surface area contributed by atoms with Gasteiger partial charge in [0.15, 0.2) is 6.29 Å². The molecular weight excluding hydrogens is 132 g/mol. The number of hydrogen-bond donors (Lipinski definition) is 1. The van der Waals surface area contributed by atoms with E-state index in [0.717, 1.165) is 0 Å². The van der Waals surface area contributed by atoms with Crippen molar-refractivity contribution in [1.29, 1.82) is 0 Å². The summed E-state index contributed by atoms with van der Waals surface area (Å²) in [5, 5.41) is 9.12. The Morgan fingerprint density at radius 1 is 1.50 bits per heavy atom.